The van der Waals surface area contributed by atoms with Crippen LogP contribution in [0.3, 0.4) is 0 Å². The minimum atomic E-state index is -4.78. The highest BCUT2D eigenvalue weighted by Gasteiger charge is 2.39. The maximum absolute atomic E-state index is 11.8. The Morgan fingerprint density at radius 2 is 0.978 bits per heavy atom. The monoisotopic (exact) mass is 1830 g/mol. The Hall–Kier alpha value is -17.5. The van der Waals surface area contributed by atoms with Crippen molar-refractivity contribution >= 4 is 153 Å². The Balaban J connectivity index is 0.000000139. The summed E-state index contributed by atoms with van der Waals surface area (Å²) in [4.78, 5) is 40.5. The number of nitrogens with one attached hydrogen (secondary N) is 3. The van der Waals surface area contributed by atoms with Crippen LogP contribution in [0.15, 0.2) is 480 Å². The lowest BCUT2D eigenvalue weighted by atomic mass is 10.0. The SMILES string of the molecule is C.O=C(c1ccccc1)C(F)(F)F.O=C1CC=Nc2ccccc21.c1cc2[nH]ccc2cn1.c1ccc(-n2ccnn2)cc1.c1ccc2c(c1)oc1ccccc12.c1ccc2c(c1)sc1ccccc12.c1ccc2ccccc2c1.c1ccc2n[nH]nc2c1.c1ccc2ncccc2c1.c1ccc2sccc2c1.c1ccnnc1.c1ccoc1.c1cn[nH]n1.c1ncon1.c1nncs1. The number of furan rings is 2. The number of H-pyrrole nitrogens is 3. The number of aliphatic imine (C=N–C) groups is 1. The van der Waals surface area contributed by atoms with Crippen LogP contribution in [0.25, 0.3) is 101 Å². The summed E-state index contributed by atoms with van der Waals surface area (Å²) in [5.41, 5.74) is 11.6. The van der Waals surface area contributed by atoms with Crippen LogP contribution in [-0.4, -0.2) is 115 Å². The molecule has 1 aliphatic rings. The molecular formula is C104H86F3N19O5S3. The molecule has 1 aliphatic heterocycles. The van der Waals surface area contributed by atoms with Crippen LogP contribution in [0.4, 0.5) is 18.9 Å². The van der Waals surface area contributed by atoms with E-state index in [0.717, 1.165) is 67.7 Å². The van der Waals surface area contributed by atoms with Gasteiger partial charge in [-0.2, -0.15) is 54.2 Å². The van der Waals surface area contributed by atoms with Gasteiger partial charge in [0.15, 0.2) is 12.1 Å². The molecule has 666 valence electrons. The lowest BCUT2D eigenvalue weighted by molar-refractivity contribution is -0.0885. The van der Waals surface area contributed by atoms with Gasteiger partial charge >= 0.3 is 6.18 Å². The van der Waals surface area contributed by atoms with Crippen LogP contribution in [0.1, 0.15) is 34.6 Å². The van der Waals surface area contributed by atoms with Gasteiger partial charge in [0, 0.05) is 113 Å². The second-order valence-corrected chi connectivity index (χ2v) is 29.5. The standard InChI is InChI=1S/C12H8O.C12H8S.C10H8.C9H7NO.C9H7N.C8H5F3O.C8H7N3.C8H6S.C7H6N2.C6H5N3.C4H4N2.C4H4O.C2H3N3.C2H2N2O.C2H2N2S.CH4/c2*1-3-7-11-9(5-1)10-6-2-4-8-12(10)13-11;1-2-6-10-8-4-3-7-9(10)5-1;11-9-5-6-10-8-4-2-1-3-7(8)9;1-2-6-9-8(4-1)5-3-7-10-9;9-8(10,11)7(12)6-4-2-1-3-5-6;1-2-4-8(5-3-1)11-7-6-9-10-11;1-2-4-8-7(3-1)5-6-9-8;1-4-9-7-2-3-8-5-6(1)7;1-2-4-6-5(3-1)7-9-8-6;1-2-4-6-5-3-1;2*1-2-4-5-3-1;1-3-2-5-4-1;1-3-4-2-5-1;/h2*1-8H;1-8H;1-4,6H,5H2;1-7H;1-5H;1-7H;1-6H;1-5,9H;1-4H,(H,7,8,9);1-4H;1-4H;1-2H,(H,3,4,5);2*1-2H;1H4. The molecule has 0 spiro atoms. The molecule has 0 amide bonds. The van der Waals surface area contributed by atoms with E-state index in [-0.39, 0.29) is 18.8 Å². The Morgan fingerprint density at radius 1 is 0.440 bits per heavy atom. The molecule has 0 saturated heterocycles. The van der Waals surface area contributed by atoms with Crippen LogP contribution >= 0.6 is 34.0 Å². The number of Topliss-reactive ketones (excluding diaryl/α,β-unsaturated/α-hetero) is 2. The Bertz CT molecular complexity index is 6610. The Morgan fingerprint density at radius 3 is 1.48 bits per heavy atom. The van der Waals surface area contributed by atoms with Crippen molar-refractivity contribution in [2.75, 3.05) is 0 Å². The number of carbonyl (C=O) groups is 2. The van der Waals surface area contributed by atoms with Crippen molar-refractivity contribution in [3.05, 3.63) is 473 Å². The van der Waals surface area contributed by atoms with E-state index in [4.69, 9.17) is 4.42 Å². The fraction of sp³-hybridized carbons (Fsp3) is 0.0288. The number of para-hydroxylation sites is 7. The number of thiophene rings is 2. The van der Waals surface area contributed by atoms with Crippen LogP contribution in [0.2, 0.25) is 0 Å². The van der Waals surface area contributed by atoms with E-state index in [1.807, 2.05) is 212 Å². The predicted octanol–water partition coefficient (Wildman–Crippen LogP) is 26.6. The van der Waals surface area contributed by atoms with Crippen LogP contribution < -0.4 is 0 Å². The van der Waals surface area contributed by atoms with E-state index < -0.39 is 12.0 Å². The summed E-state index contributed by atoms with van der Waals surface area (Å²) in [5.74, 6) is -1.64. The molecule has 0 unspecified atom stereocenters. The van der Waals surface area contributed by atoms with Crippen molar-refractivity contribution in [1.82, 2.24) is 91.3 Å². The number of pyridine rings is 2. The van der Waals surface area contributed by atoms with Crippen molar-refractivity contribution in [1.29, 1.82) is 0 Å². The fourth-order valence-electron chi connectivity index (χ4n) is 11.8. The molecule has 24 nitrogen and oxygen atoms in total. The van der Waals surface area contributed by atoms with Crippen molar-refractivity contribution in [2.45, 2.75) is 20.0 Å². The highest BCUT2D eigenvalue weighted by atomic mass is 32.1. The number of carbonyl (C=O) groups excluding carboxylic acids is 2. The number of hydrogen-bond acceptors (Lipinski definition) is 23. The average Bonchev–Trinajstić information content (AvgIpc) is 1.65. The largest absolute Gasteiger partial charge is 0.473 e. The molecular weight excluding hydrogens is 1750 g/mol. The summed E-state index contributed by atoms with van der Waals surface area (Å²) in [6.07, 6.45) is 20.4. The molecule has 134 heavy (non-hydrogen) atoms. The highest BCUT2D eigenvalue weighted by Crippen LogP contribution is 2.34. The van der Waals surface area contributed by atoms with Crippen LogP contribution in [0, 0.1) is 0 Å². The first kappa shape index (κ1) is 97.1. The summed E-state index contributed by atoms with van der Waals surface area (Å²) in [6.45, 7) is 0. The van der Waals surface area contributed by atoms with Gasteiger partial charge in [0.25, 0.3) is 5.78 Å². The average molecular weight is 1840 g/mol. The first-order valence-electron chi connectivity index (χ1n) is 40.7. The third-order valence-corrected chi connectivity index (χ3v) is 20.4. The number of fused-ring (bicyclic) bond motifs is 12. The minimum absolute atomic E-state index is 0. The zero-order chi connectivity index (χ0) is 92.1. The van der Waals surface area contributed by atoms with Crippen LogP contribution in [0.5, 0.6) is 0 Å². The minimum Gasteiger partial charge on any atom is -0.473 e. The van der Waals surface area contributed by atoms with E-state index in [1.165, 1.54) is 93.4 Å². The number of halogens is 3. The number of benzene rings is 12. The summed E-state index contributed by atoms with van der Waals surface area (Å²) in [6, 6.07) is 116. The topological polar surface area (TPSA) is 319 Å². The summed E-state index contributed by atoms with van der Waals surface area (Å²) >= 11 is 5.14. The number of ketones is 2. The second kappa shape index (κ2) is 55.3. The summed E-state index contributed by atoms with van der Waals surface area (Å²) in [7, 11) is 0. The summed E-state index contributed by atoms with van der Waals surface area (Å²) < 4.78 is 55.7. The zero-order valence-electron chi connectivity index (χ0n) is 70.7. The Kier molecular flexibility index (Phi) is 40.1. The number of hydrogen-bond donors (Lipinski definition) is 3. The van der Waals surface area contributed by atoms with Crippen LogP contribution in [-0.2, 0) is 0 Å². The number of rotatable bonds is 2. The van der Waals surface area contributed by atoms with Gasteiger partial charge in [0.05, 0.1) is 54.2 Å². The smallest absolute Gasteiger partial charge is 0.454 e. The molecule has 0 aliphatic carbocycles. The quantitative estimate of drug-likeness (QED) is 0.135. The van der Waals surface area contributed by atoms with Crippen molar-refractivity contribution in [3.8, 4) is 5.69 Å². The molecule has 26 rings (SSSR count). The highest BCUT2D eigenvalue weighted by molar-refractivity contribution is 7.25. The maximum Gasteiger partial charge on any atom is 0.454 e. The van der Waals surface area contributed by atoms with Crippen molar-refractivity contribution < 1.29 is 36.1 Å². The van der Waals surface area contributed by atoms with E-state index in [0.29, 0.717) is 6.42 Å². The van der Waals surface area contributed by atoms with E-state index in [1.54, 1.807) is 89.0 Å². The predicted molar refractivity (Wildman–Crippen MR) is 530 cm³/mol. The lowest BCUT2D eigenvalue weighted by Gasteiger charge is -2.06. The van der Waals surface area contributed by atoms with Gasteiger partial charge in [0.2, 0.25) is 6.39 Å². The van der Waals surface area contributed by atoms with Crippen molar-refractivity contribution in [3.63, 3.8) is 0 Å². The normalized spacial score (nSPS) is 10.3. The lowest BCUT2D eigenvalue weighted by Crippen LogP contribution is -2.22. The Labute approximate surface area is 779 Å². The fourth-order valence-corrected chi connectivity index (χ4v) is 14.0. The maximum atomic E-state index is 11.8. The molecule has 30 heteroatoms. The first-order valence-corrected chi connectivity index (χ1v) is 43.3. The molecule has 12 aromatic carbocycles. The zero-order valence-corrected chi connectivity index (χ0v) is 73.2. The van der Waals surface area contributed by atoms with E-state index in [9.17, 15) is 22.8 Å². The third kappa shape index (κ3) is 32.4. The number of alkyl halides is 3. The molecule has 14 heterocycles. The number of aromatic amines is 3. The molecule has 0 bridgehead atoms. The molecule has 0 atom stereocenters. The molecule has 3 N–H and O–H groups in total. The number of nitrogens with zero attached hydrogens (tertiary/aromatic N) is 16. The van der Waals surface area contributed by atoms with Gasteiger partial charge in [-0.05, 0) is 143 Å². The van der Waals surface area contributed by atoms with Crippen molar-refractivity contribution in [2.24, 2.45) is 4.99 Å². The molecule has 0 fully saturated rings. The van der Waals surface area contributed by atoms with Gasteiger partial charge in [-0.3, -0.25) is 24.5 Å². The van der Waals surface area contributed by atoms with Gasteiger partial charge in [-0.15, -0.1) is 49.3 Å². The van der Waals surface area contributed by atoms with Gasteiger partial charge in [0.1, 0.15) is 33.2 Å². The first-order chi connectivity index (χ1) is 65.6. The molecule has 13 aromatic heterocycles. The molecule has 0 saturated carbocycles. The van der Waals surface area contributed by atoms with E-state index >= 15 is 0 Å². The number of aromatic nitrogens is 18. The molecule has 0 radical (unpaired) electrons. The summed E-state index contributed by atoms with van der Waals surface area (Å²) in [5, 5.41) is 58.1. The van der Waals surface area contributed by atoms with Gasteiger partial charge in [-0.1, -0.05) is 254 Å². The third-order valence-electron chi connectivity index (χ3n) is 17.9. The molecule has 25 aromatic rings. The van der Waals surface area contributed by atoms with E-state index in [2.05, 4.69) is 258 Å². The second-order valence-electron chi connectivity index (χ2n) is 26.8. The van der Waals surface area contributed by atoms with Gasteiger partial charge in [-0.25, -0.2) is 9.67 Å². The van der Waals surface area contributed by atoms with Gasteiger partial charge < -0.3 is 18.3 Å².